The predicted octanol–water partition coefficient (Wildman–Crippen LogP) is 2.62. The van der Waals surface area contributed by atoms with Crippen LogP contribution in [0, 0.1) is 0 Å². The Morgan fingerprint density at radius 1 is 0.944 bits per heavy atom. The molecule has 18 heavy (non-hydrogen) atoms. The number of hydrogen-bond donors (Lipinski definition) is 0. The van der Waals surface area contributed by atoms with Crippen molar-refractivity contribution >= 4 is 5.78 Å². The summed E-state index contributed by atoms with van der Waals surface area (Å²) in [5.41, 5.74) is 1.65. The van der Waals surface area contributed by atoms with Gasteiger partial charge in [-0.1, -0.05) is 0 Å². The van der Waals surface area contributed by atoms with Crippen molar-refractivity contribution in [3.63, 3.8) is 0 Å². The standard InChI is InChI=1S/C14H18O4/c1-16-11-8-9-6-4-5-7-10(15)12(9)14(18-3)13(11)17-2/h8H,4-7H2,1-3H3. The average molecular weight is 250 g/mol. The topological polar surface area (TPSA) is 44.8 Å². The molecule has 0 fully saturated rings. The lowest BCUT2D eigenvalue weighted by molar-refractivity contribution is 0.0978. The number of hydrogen-bond acceptors (Lipinski definition) is 4. The van der Waals surface area contributed by atoms with Crippen LogP contribution < -0.4 is 14.2 Å². The molecule has 0 saturated heterocycles. The average Bonchev–Trinajstić information content (AvgIpc) is 2.58. The number of methoxy groups -OCH3 is 3. The van der Waals surface area contributed by atoms with E-state index in [0.29, 0.717) is 29.2 Å². The zero-order valence-corrected chi connectivity index (χ0v) is 11.0. The molecule has 0 aromatic heterocycles. The molecule has 1 aromatic carbocycles. The molecule has 2 rings (SSSR count). The highest BCUT2D eigenvalue weighted by Gasteiger charge is 2.26. The second kappa shape index (κ2) is 5.29. The summed E-state index contributed by atoms with van der Waals surface area (Å²) >= 11 is 0. The zero-order valence-electron chi connectivity index (χ0n) is 11.0. The van der Waals surface area contributed by atoms with Crippen molar-refractivity contribution < 1.29 is 19.0 Å². The summed E-state index contributed by atoms with van der Waals surface area (Å²) in [6.07, 6.45) is 3.37. The molecule has 4 nitrogen and oxygen atoms in total. The number of fused-ring (bicyclic) bond motifs is 1. The normalized spacial score (nSPS) is 14.7. The molecule has 4 heteroatoms. The molecule has 0 amide bonds. The van der Waals surface area contributed by atoms with E-state index in [1.54, 1.807) is 21.3 Å². The number of benzene rings is 1. The van der Waals surface area contributed by atoms with Gasteiger partial charge in [-0.2, -0.15) is 0 Å². The van der Waals surface area contributed by atoms with E-state index < -0.39 is 0 Å². The maximum atomic E-state index is 12.2. The molecule has 1 aromatic rings. The molecule has 0 aliphatic heterocycles. The second-order valence-corrected chi connectivity index (χ2v) is 4.31. The Morgan fingerprint density at radius 3 is 2.22 bits per heavy atom. The van der Waals surface area contributed by atoms with Crippen molar-refractivity contribution in [3.8, 4) is 17.2 Å². The second-order valence-electron chi connectivity index (χ2n) is 4.31. The van der Waals surface area contributed by atoms with Crippen LogP contribution in [0.1, 0.15) is 35.2 Å². The lowest BCUT2D eigenvalue weighted by Gasteiger charge is -2.17. The molecule has 0 unspecified atom stereocenters. The Bertz CT molecular complexity index is 465. The summed E-state index contributed by atoms with van der Waals surface area (Å²) in [5, 5.41) is 0. The molecule has 0 atom stereocenters. The van der Waals surface area contributed by atoms with Gasteiger partial charge in [-0.15, -0.1) is 0 Å². The SMILES string of the molecule is COc1cc2c(c(OC)c1OC)C(=O)CCCC2. The Labute approximate surface area is 107 Å². The van der Waals surface area contributed by atoms with E-state index >= 15 is 0 Å². The van der Waals surface area contributed by atoms with Crippen LogP contribution in [0.4, 0.5) is 0 Å². The molecule has 1 aliphatic rings. The van der Waals surface area contributed by atoms with Crippen LogP contribution in [0.25, 0.3) is 0 Å². The van der Waals surface area contributed by atoms with Crippen molar-refractivity contribution in [2.45, 2.75) is 25.7 Å². The van der Waals surface area contributed by atoms with Gasteiger partial charge in [-0.25, -0.2) is 0 Å². The molecule has 0 saturated carbocycles. The Balaban J connectivity index is 2.68. The van der Waals surface area contributed by atoms with E-state index in [1.165, 1.54) is 0 Å². The first-order valence-electron chi connectivity index (χ1n) is 6.08. The third-order valence-electron chi connectivity index (χ3n) is 3.29. The minimum atomic E-state index is 0.125. The number of carbonyl (C=O) groups excluding carboxylic acids is 1. The van der Waals surface area contributed by atoms with E-state index in [1.807, 2.05) is 6.07 Å². The molecule has 0 radical (unpaired) electrons. The quantitative estimate of drug-likeness (QED) is 0.773. The monoisotopic (exact) mass is 250 g/mol. The number of aryl methyl sites for hydroxylation is 1. The van der Waals surface area contributed by atoms with Crippen LogP contribution in [0.3, 0.4) is 0 Å². The fourth-order valence-corrected chi connectivity index (χ4v) is 2.44. The number of Topliss-reactive ketones (excluding diaryl/α,β-unsaturated/α-hetero) is 1. The molecule has 0 heterocycles. The number of rotatable bonds is 3. The van der Waals surface area contributed by atoms with Crippen molar-refractivity contribution in [1.82, 2.24) is 0 Å². The van der Waals surface area contributed by atoms with E-state index in [9.17, 15) is 4.79 Å². The molecular formula is C14H18O4. The number of ketones is 1. The lowest BCUT2D eigenvalue weighted by Crippen LogP contribution is -2.07. The smallest absolute Gasteiger partial charge is 0.204 e. The van der Waals surface area contributed by atoms with Crippen LogP contribution in [0.2, 0.25) is 0 Å². The van der Waals surface area contributed by atoms with Gasteiger partial charge in [0.25, 0.3) is 0 Å². The molecular weight excluding hydrogens is 232 g/mol. The molecule has 98 valence electrons. The lowest BCUT2D eigenvalue weighted by atomic mass is 9.99. The molecule has 0 bridgehead atoms. The van der Waals surface area contributed by atoms with Gasteiger partial charge in [0.1, 0.15) is 0 Å². The van der Waals surface area contributed by atoms with Crippen LogP contribution in [-0.2, 0) is 6.42 Å². The van der Waals surface area contributed by atoms with Crippen LogP contribution in [0.5, 0.6) is 17.2 Å². The summed E-state index contributed by atoms with van der Waals surface area (Å²) < 4.78 is 16.0. The van der Waals surface area contributed by atoms with Crippen molar-refractivity contribution in [1.29, 1.82) is 0 Å². The highest BCUT2D eigenvalue weighted by Crippen LogP contribution is 2.43. The number of ether oxygens (including phenoxy) is 3. The largest absolute Gasteiger partial charge is 0.493 e. The van der Waals surface area contributed by atoms with Gasteiger partial charge in [0.05, 0.1) is 26.9 Å². The van der Waals surface area contributed by atoms with E-state index in [0.717, 1.165) is 24.8 Å². The number of carbonyl (C=O) groups is 1. The van der Waals surface area contributed by atoms with Crippen molar-refractivity contribution in [2.75, 3.05) is 21.3 Å². The van der Waals surface area contributed by atoms with Gasteiger partial charge < -0.3 is 14.2 Å². The third-order valence-corrected chi connectivity index (χ3v) is 3.29. The van der Waals surface area contributed by atoms with Gasteiger partial charge in [0.15, 0.2) is 17.3 Å². The fraction of sp³-hybridized carbons (Fsp3) is 0.500. The van der Waals surface area contributed by atoms with Crippen LogP contribution in [-0.4, -0.2) is 27.1 Å². The first-order chi connectivity index (χ1) is 8.72. The molecule has 0 N–H and O–H groups in total. The van der Waals surface area contributed by atoms with Crippen molar-refractivity contribution in [3.05, 3.63) is 17.2 Å². The van der Waals surface area contributed by atoms with Crippen LogP contribution in [0.15, 0.2) is 6.07 Å². The maximum Gasteiger partial charge on any atom is 0.204 e. The first kappa shape index (κ1) is 12.7. The van der Waals surface area contributed by atoms with Gasteiger partial charge in [-0.05, 0) is 30.9 Å². The molecule has 0 spiro atoms. The third kappa shape index (κ3) is 2.03. The highest BCUT2D eigenvalue weighted by atomic mass is 16.5. The fourth-order valence-electron chi connectivity index (χ4n) is 2.44. The minimum Gasteiger partial charge on any atom is -0.493 e. The van der Waals surface area contributed by atoms with Gasteiger partial charge in [0, 0.05) is 6.42 Å². The Kier molecular flexibility index (Phi) is 3.75. The molecule has 1 aliphatic carbocycles. The highest BCUT2D eigenvalue weighted by molar-refractivity contribution is 6.01. The van der Waals surface area contributed by atoms with Crippen molar-refractivity contribution in [2.24, 2.45) is 0 Å². The Hall–Kier alpha value is -1.71. The van der Waals surface area contributed by atoms with E-state index in [2.05, 4.69) is 0 Å². The summed E-state index contributed by atoms with van der Waals surface area (Å²) in [5.74, 6) is 1.73. The Morgan fingerprint density at radius 2 is 1.61 bits per heavy atom. The first-order valence-corrected chi connectivity index (χ1v) is 6.08. The van der Waals surface area contributed by atoms with E-state index in [-0.39, 0.29) is 5.78 Å². The van der Waals surface area contributed by atoms with Crippen LogP contribution >= 0.6 is 0 Å². The summed E-state index contributed by atoms with van der Waals surface area (Å²) in [4.78, 5) is 12.2. The predicted molar refractivity (Wildman–Crippen MR) is 68.0 cm³/mol. The summed E-state index contributed by atoms with van der Waals surface area (Å²) in [6, 6.07) is 1.89. The van der Waals surface area contributed by atoms with E-state index in [4.69, 9.17) is 14.2 Å². The minimum absolute atomic E-state index is 0.125. The van der Waals surface area contributed by atoms with Gasteiger partial charge in [0.2, 0.25) is 5.75 Å². The summed E-state index contributed by atoms with van der Waals surface area (Å²) in [7, 11) is 4.69. The zero-order chi connectivity index (χ0) is 13.1. The summed E-state index contributed by atoms with van der Waals surface area (Å²) in [6.45, 7) is 0. The van der Waals surface area contributed by atoms with Gasteiger partial charge in [-0.3, -0.25) is 4.79 Å². The maximum absolute atomic E-state index is 12.2. The van der Waals surface area contributed by atoms with Gasteiger partial charge >= 0.3 is 0 Å².